The molecule has 0 saturated heterocycles. The van der Waals surface area contributed by atoms with Crippen molar-refractivity contribution in [3.8, 4) is 0 Å². The molecule has 2 aliphatic carbocycles. The maximum atomic E-state index is 4.78. The maximum Gasteiger partial charge on any atom is 0.133 e. The van der Waals surface area contributed by atoms with Crippen LogP contribution < -0.4 is 4.90 Å². The van der Waals surface area contributed by atoms with Crippen LogP contribution in [0.2, 0.25) is 0 Å². The van der Waals surface area contributed by atoms with Crippen LogP contribution in [0.5, 0.6) is 0 Å². The van der Waals surface area contributed by atoms with Gasteiger partial charge in [-0.25, -0.2) is 9.97 Å². The lowest BCUT2D eigenvalue weighted by molar-refractivity contribution is 0.543. The molecule has 1 saturated carbocycles. The molecule has 108 valence electrons. The summed E-state index contributed by atoms with van der Waals surface area (Å²) in [7, 11) is 2.18. The molecule has 0 amide bonds. The van der Waals surface area contributed by atoms with Crippen LogP contribution in [0.3, 0.4) is 0 Å². The van der Waals surface area contributed by atoms with E-state index in [1.807, 2.05) is 12.3 Å². The monoisotopic (exact) mass is 279 g/mol. The van der Waals surface area contributed by atoms with Crippen molar-refractivity contribution in [3.63, 3.8) is 0 Å². The summed E-state index contributed by atoms with van der Waals surface area (Å²) < 4.78 is 0. The predicted molar refractivity (Wildman–Crippen MR) is 84.7 cm³/mol. The van der Waals surface area contributed by atoms with Crippen molar-refractivity contribution < 1.29 is 0 Å². The first-order valence-corrected chi connectivity index (χ1v) is 7.94. The van der Waals surface area contributed by atoms with Crippen molar-refractivity contribution in [2.45, 2.75) is 44.1 Å². The van der Waals surface area contributed by atoms with Crippen LogP contribution in [0.1, 0.15) is 42.1 Å². The Morgan fingerprint density at radius 1 is 1.05 bits per heavy atom. The molecule has 0 bridgehead atoms. The Hall–Kier alpha value is -1.90. The van der Waals surface area contributed by atoms with E-state index in [4.69, 9.17) is 4.98 Å². The lowest BCUT2D eigenvalue weighted by Crippen LogP contribution is -2.37. The van der Waals surface area contributed by atoms with Gasteiger partial charge in [0.25, 0.3) is 0 Å². The topological polar surface area (TPSA) is 29.0 Å². The molecule has 0 aliphatic heterocycles. The first-order valence-electron chi connectivity index (χ1n) is 7.94. The fourth-order valence-corrected chi connectivity index (χ4v) is 3.29. The lowest BCUT2D eigenvalue weighted by atomic mass is 9.88. The summed E-state index contributed by atoms with van der Waals surface area (Å²) in [5.41, 5.74) is 3.01. The molecule has 1 aromatic heterocycles. The molecule has 2 aromatic rings. The summed E-state index contributed by atoms with van der Waals surface area (Å²) in [6, 6.07) is 11.4. The molecular weight excluding hydrogens is 258 g/mol. The second kappa shape index (κ2) is 5.14. The van der Waals surface area contributed by atoms with Gasteiger partial charge in [0.15, 0.2) is 0 Å². The van der Waals surface area contributed by atoms with E-state index >= 15 is 0 Å². The summed E-state index contributed by atoms with van der Waals surface area (Å²) in [4.78, 5) is 11.6. The molecule has 0 radical (unpaired) electrons. The summed E-state index contributed by atoms with van der Waals surface area (Å²) in [5.74, 6) is 2.73. The molecular formula is C18H21N3. The van der Waals surface area contributed by atoms with E-state index in [1.54, 1.807) is 0 Å². The van der Waals surface area contributed by atoms with Crippen molar-refractivity contribution in [2.24, 2.45) is 0 Å². The van der Waals surface area contributed by atoms with Crippen molar-refractivity contribution in [1.82, 2.24) is 9.97 Å². The normalized spacial score (nSPS) is 20.9. The third kappa shape index (κ3) is 2.53. The Kier molecular flexibility index (Phi) is 3.13. The minimum absolute atomic E-state index is 0.543. The predicted octanol–water partition coefficient (Wildman–Crippen LogP) is 3.35. The number of hydrogen-bond donors (Lipinski definition) is 0. The van der Waals surface area contributed by atoms with Crippen LogP contribution in [0, 0.1) is 0 Å². The number of anilines is 1. The molecule has 21 heavy (non-hydrogen) atoms. The van der Waals surface area contributed by atoms with Gasteiger partial charge in [0.1, 0.15) is 11.6 Å². The maximum absolute atomic E-state index is 4.78. The highest BCUT2D eigenvalue weighted by Crippen LogP contribution is 2.38. The van der Waals surface area contributed by atoms with E-state index in [2.05, 4.69) is 41.2 Å². The molecule has 1 atom stereocenters. The first kappa shape index (κ1) is 12.8. The molecule has 1 heterocycles. The summed E-state index contributed by atoms with van der Waals surface area (Å²) in [5, 5.41) is 0. The van der Waals surface area contributed by atoms with Gasteiger partial charge in [-0.05, 0) is 49.3 Å². The zero-order valence-corrected chi connectivity index (χ0v) is 12.5. The molecule has 0 N–H and O–H groups in total. The van der Waals surface area contributed by atoms with Crippen LogP contribution in [-0.2, 0) is 12.8 Å². The molecule has 1 aromatic carbocycles. The van der Waals surface area contributed by atoms with E-state index in [1.165, 1.54) is 36.8 Å². The van der Waals surface area contributed by atoms with Gasteiger partial charge < -0.3 is 4.90 Å². The minimum atomic E-state index is 0.543. The van der Waals surface area contributed by atoms with Crippen molar-refractivity contribution in [2.75, 3.05) is 11.9 Å². The van der Waals surface area contributed by atoms with E-state index in [0.29, 0.717) is 12.0 Å². The van der Waals surface area contributed by atoms with Gasteiger partial charge in [-0.1, -0.05) is 24.3 Å². The number of nitrogens with zero attached hydrogens (tertiary/aromatic N) is 3. The molecule has 3 heteroatoms. The van der Waals surface area contributed by atoms with Crippen LogP contribution in [0.15, 0.2) is 36.5 Å². The van der Waals surface area contributed by atoms with Crippen molar-refractivity contribution in [1.29, 1.82) is 0 Å². The second-order valence-corrected chi connectivity index (χ2v) is 6.32. The Bertz CT molecular complexity index is 648. The van der Waals surface area contributed by atoms with E-state index < -0.39 is 0 Å². The number of aromatic nitrogens is 2. The van der Waals surface area contributed by atoms with E-state index in [-0.39, 0.29) is 0 Å². The minimum Gasteiger partial charge on any atom is -0.356 e. The first-order chi connectivity index (χ1) is 10.3. The van der Waals surface area contributed by atoms with Gasteiger partial charge >= 0.3 is 0 Å². The fraction of sp³-hybridized carbons (Fsp3) is 0.444. The van der Waals surface area contributed by atoms with Gasteiger partial charge in [-0.2, -0.15) is 0 Å². The van der Waals surface area contributed by atoms with E-state index in [0.717, 1.165) is 18.1 Å². The standard InChI is InChI=1S/C18H21N3/c1-21(17-10-11-19-18(20-17)14-6-7-14)16-9-8-13-4-2-3-5-15(13)12-16/h2-5,10-11,14,16H,6-9,12H2,1H3/t16-/m0/s1. The lowest BCUT2D eigenvalue weighted by Gasteiger charge is -2.33. The Morgan fingerprint density at radius 3 is 2.67 bits per heavy atom. The number of aryl methyl sites for hydroxylation is 1. The van der Waals surface area contributed by atoms with Gasteiger partial charge in [0.2, 0.25) is 0 Å². The SMILES string of the molecule is CN(c1ccnc(C2CC2)n1)[C@H]1CCc2ccccc2C1. The Balaban J connectivity index is 1.55. The number of likely N-dealkylation sites (N-methyl/N-ethyl adjacent to an activating group) is 1. The van der Waals surface area contributed by atoms with E-state index in [9.17, 15) is 0 Å². The Morgan fingerprint density at radius 2 is 1.86 bits per heavy atom. The smallest absolute Gasteiger partial charge is 0.133 e. The Labute approximate surface area is 126 Å². The zero-order chi connectivity index (χ0) is 14.2. The van der Waals surface area contributed by atoms with Crippen LogP contribution >= 0.6 is 0 Å². The third-order valence-electron chi connectivity index (χ3n) is 4.83. The average Bonchev–Trinajstić information content (AvgIpc) is 3.39. The highest BCUT2D eigenvalue weighted by molar-refractivity contribution is 5.41. The molecule has 3 nitrogen and oxygen atoms in total. The van der Waals surface area contributed by atoms with Crippen LogP contribution in [-0.4, -0.2) is 23.1 Å². The van der Waals surface area contributed by atoms with Crippen LogP contribution in [0.4, 0.5) is 5.82 Å². The molecule has 2 aliphatic rings. The van der Waals surface area contributed by atoms with Crippen molar-refractivity contribution in [3.05, 3.63) is 53.5 Å². The molecule has 4 rings (SSSR count). The third-order valence-corrected chi connectivity index (χ3v) is 4.83. The van der Waals surface area contributed by atoms with Gasteiger partial charge in [-0.15, -0.1) is 0 Å². The zero-order valence-electron chi connectivity index (χ0n) is 12.5. The summed E-state index contributed by atoms with van der Waals surface area (Å²) >= 11 is 0. The van der Waals surface area contributed by atoms with Gasteiger partial charge in [0, 0.05) is 25.2 Å². The number of hydrogen-bond acceptors (Lipinski definition) is 3. The van der Waals surface area contributed by atoms with Gasteiger partial charge in [0.05, 0.1) is 0 Å². The average molecular weight is 279 g/mol. The summed E-state index contributed by atoms with van der Waals surface area (Å²) in [6.07, 6.45) is 7.93. The largest absolute Gasteiger partial charge is 0.356 e. The quantitative estimate of drug-likeness (QED) is 0.863. The number of fused-ring (bicyclic) bond motifs is 1. The molecule has 0 unspecified atom stereocenters. The fourth-order valence-electron chi connectivity index (χ4n) is 3.29. The van der Waals surface area contributed by atoms with Gasteiger partial charge in [-0.3, -0.25) is 0 Å². The second-order valence-electron chi connectivity index (χ2n) is 6.32. The van der Waals surface area contributed by atoms with Crippen LogP contribution in [0.25, 0.3) is 0 Å². The highest BCUT2D eigenvalue weighted by Gasteiger charge is 2.28. The highest BCUT2D eigenvalue weighted by atomic mass is 15.2. The number of benzene rings is 1. The number of rotatable bonds is 3. The molecule has 1 fully saturated rings. The molecule has 0 spiro atoms. The summed E-state index contributed by atoms with van der Waals surface area (Å²) in [6.45, 7) is 0. The van der Waals surface area contributed by atoms with Crippen molar-refractivity contribution >= 4 is 5.82 Å².